The molecule has 1 N–H and O–H groups in total. The molecular weight excluding hydrogens is 380 g/mol. The van der Waals surface area contributed by atoms with Crippen LogP contribution in [0.1, 0.15) is 5.69 Å². The molecule has 130 valence electrons. The van der Waals surface area contributed by atoms with Gasteiger partial charge in [0.2, 0.25) is 0 Å². The van der Waals surface area contributed by atoms with E-state index >= 15 is 0 Å². The van der Waals surface area contributed by atoms with E-state index in [1.807, 2.05) is 6.92 Å². The molecule has 0 spiro atoms. The van der Waals surface area contributed by atoms with Crippen molar-refractivity contribution in [3.05, 3.63) is 54.2 Å². The largest absolute Gasteiger partial charge is 0.318 e. The highest BCUT2D eigenvalue weighted by atomic mass is 35.5. The lowest BCUT2D eigenvalue weighted by Gasteiger charge is -2.06. The Bertz CT molecular complexity index is 1040. The fraction of sp³-hybridized carbons (Fsp3) is 0.125. The third-order valence-electron chi connectivity index (χ3n) is 3.46. The molecule has 3 rings (SSSR count). The van der Waals surface area contributed by atoms with E-state index in [0.29, 0.717) is 11.0 Å². The predicted molar refractivity (Wildman–Crippen MR) is 102 cm³/mol. The summed E-state index contributed by atoms with van der Waals surface area (Å²) in [5, 5.41) is 3.99. The minimum atomic E-state index is -3.41. The van der Waals surface area contributed by atoms with Gasteiger partial charge in [0.1, 0.15) is 12.1 Å². The van der Waals surface area contributed by atoms with E-state index < -0.39 is 9.84 Å². The summed E-state index contributed by atoms with van der Waals surface area (Å²) < 4.78 is 25.5. The van der Waals surface area contributed by atoms with Gasteiger partial charge in [0.15, 0.2) is 15.0 Å². The van der Waals surface area contributed by atoms with Gasteiger partial charge < -0.3 is 5.32 Å². The van der Waals surface area contributed by atoms with Crippen LogP contribution in [0.15, 0.2) is 48.4 Å². The van der Waals surface area contributed by atoms with Crippen molar-refractivity contribution in [2.24, 2.45) is 0 Å². The first-order chi connectivity index (χ1) is 11.8. The Balaban J connectivity index is 1.94. The molecule has 2 heterocycles. The molecule has 0 aliphatic carbocycles. The van der Waals surface area contributed by atoms with Crippen molar-refractivity contribution in [3.63, 3.8) is 0 Å². The molecule has 0 amide bonds. The van der Waals surface area contributed by atoms with E-state index in [2.05, 4.69) is 21.9 Å². The number of nitrogens with zero attached hydrogens (tertiary/aromatic N) is 3. The van der Waals surface area contributed by atoms with Crippen molar-refractivity contribution in [2.45, 2.75) is 11.8 Å². The van der Waals surface area contributed by atoms with Crippen LogP contribution in [0.5, 0.6) is 0 Å². The Kier molecular flexibility index (Phi) is 4.68. The average Bonchev–Trinajstić information content (AvgIpc) is 3.16. The van der Waals surface area contributed by atoms with E-state index in [1.54, 1.807) is 41.5 Å². The maximum Gasteiger partial charge on any atom is 0.189 e. The van der Waals surface area contributed by atoms with Gasteiger partial charge in [-0.25, -0.2) is 18.4 Å². The molecular formula is C16H15ClN4O2S2. The van der Waals surface area contributed by atoms with Crippen LogP contribution in [0.25, 0.3) is 16.3 Å². The van der Waals surface area contributed by atoms with Crippen molar-refractivity contribution in [2.75, 3.05) is 11.6 Å². The fourth-order valence-electron chi connectivity index (χ4n) is 2.25. The Morgan fingerprint density at radius 2 is 2.16 bits per heavy atom. The predicted octanol–water partition coefficient (Wildman–Crippen LogP) is 3.91. The molecule has 3 aromatic rings. The lowest BCUT2D eigenvalue weighted by molar-refractivity contribution is 0.602. The van der Waals surface area contributed by atoms with Crippen LogP contribution >= 0.6 is 22.9 Å². The van der Waals surface area contributed by atoms with E-state index in [0.717, 1.165) is 22.4 Å². The highest BCUT2D eigenvalue weighted by Gasteiger charge is 2.16. The maximum atomic E-state index is 11.9. The number of sulfone groups is 1. The van der Waals surface area contributed by atoms with Gasteiger partial charge in [0, 0.05) is 18.6 Å². The minimum absolute atomic E-state index is 0.108. The molecule has 0 bridgehead atoms. The Morgan fingerprint density at radius 3 is 2.80 bits per heavy atom. The molecule has 0 saturated carbocycles. The molecule has 9 heteroatoms. The number of hydrogen-bond acceptors (Lipinski definition) is 6. The van der Waals surface area contributed by atoms with Gasteiger partial charge >= 0.3 is 0 Å². The van der Waals surface area contributed by atoms with Crippen LogP contribution in [-0.4, -0.2) is 29.2 Å². The highest BCUT2D eigenvalue weighted by molar-refractivity contribution is 7.90. The van der Waals surface area contributed by atoms with Crippen LogP contribution in [0, 0.1) is 6.92 Å². The molecule has 1 aromatic carbocycles. The Morgan fingerprint density at radius 1 is 1.40 bits per heavy atom. The average molecular weight is 395 g/mol. The summed E-state index contributed by atoms with van der Waals surface area (Å²) in [5.74, 6) is 0.616. The Labute approximate surface area is 154 Å². The molecule has 0 aliphatic rings. The highest BCUT2D eigenvalue weighted by Crippen LogP contribution is 2.36. The molecule has 0 atom stereocenters. The van der Waals surface area contributed by atoms with Crippen LogP contribution in [0.3, 0.4) is 0 Å². The second kappa shape index (κ2) is 6.62. The summed E-state index contributed by atoms with van der Waals surface area (Å²) in [4.78, 5) is 9.43. The zero-order chi connectivity index (χ0) is 18.2. The van der Waals surface area contributed by atoms with Crippen LogP contribution in [0.2, 0.25) is 5.02 Å². The summed E-state index contributed by atoms with van der Waals surface area (Å²) in [5.41, 5.74) is 1.54. The van der Waals surface area contributed by atoms with Gasteiger partial charge in [-0.1, -0.05) is 35.6 Å². The van der Waals surface area contributed by atoms with Gasteiger partial charge in [0.25, 0.3) is 0 Å². The number of aromatic nitrogens is 3. The van der Waals surface area contributed by atoms with Crippen molar-refractivity contribution < 1.29 is 8.42 Å². The first-order valence-corrected chi connectivity index (χ1v) is 10.3. The normalized spacial score (nSPS) is 11.5. The summed E-state index contributed by atoms with van der Waals surface area (Å²) >= 11 is 7.42. The second-order valence-corrected chi connectivity index (χ2v) is 8.78. The lowest BCUT2D eigenvalue weighted by Crippen LogP contribution is -2.03. The molecule has 25 heavy (non-hydrogen) atoms. The first-order valence-electron chi connectivity index (χ1n) is 7.17. The third-order valence-corrected chi connectivity index (χ3v) is 6.16. The smallest absolute Gasteiger partial charge is 0.189 e. The molecule has 0 aliphatic heterocycles. The summed E-state index contributed by atoms with van der Waals surface area (Å²) in [6, 6.07) is 4.95. The van der Waals surface area contributed by atoms with Gasteiger partial charge in [-0.15, -0.1) is 0 Å². The van der Waals surface area contributed by atoms with Crippen molar-refractivity contribution in [3.8, 4) is 10.4 Å². The first kappa shape index (κ1) is 17.7. The molecule has 0 unspecified atom stereocenters. The zero-order valence-corrected chi connectivity index (χ0v) is 15.9. The lowest BCUT2D eigenvalue weighted by atomic mass is 10.2. The fourth-order valence-corrected chi connectivity index (χ4v) is 4.54. The standard InChI is InChI=1S/C16H15ClN4O2S2/c1-10-15(12-4-5-13(17)14(8-12)25(3,22)23)24-16(19-10)20-11(2)21-7-6-18-9-21/h4-9H,2H2,1,3H3,(H,19,20). The van der Waals surface area contributed by atoms with Gasteiger partial charge in [-0.05, 0) is 24.6 Å². The number of imidazole rings is 1. The SMILES string of the molecule is C=C(Nc1nc(C)c(-c2ccc(Cl)c(S(C)(=O)=O)c2)s1)n1ccnc1. The van der Waals surface area contributed by atoms with E-state index in [4.69, 9.17) is 11.6 Å². The van der Waals surface area contributed by atoms with Gasteiger partial charge in [-0.2, -0.15) is 0 Å². The summed E-state index contributed by atoms with van der Waals surface area (Å²) in [6.07, 6.45) is 6.20. The van der Waals surface area contributed by atoms with Crippen molar-refractivity contribution >= 4 is 43.7 Å². The molecule has 0 radical (unpaired) electrons. The number of thiazole rings is 1. The van der Waals surface area contributed by atoms with Gasteiger partial charge in [-0.3, -0.25) is 4.57 Å². The zero-order valence-electron chi connectivity index (χ0n) is 13.5. The van der Waals surface area contributed by atoms with E-state index in [9.17, 15) is 8.42 Å². The molecule has 0 fully saturated rings. The summed E-state index contributed by atoms with van der Waals surface area (Å²) in [7, 11) is -3.41. The number of rotatable bonds is 5. The monoisotopic (exact) mass is 394 g/mol. The van der Waals surface area contributed by atoms with E-state index in [1.165, 1.54) is 11.3 Å². The number of hydrogen-bond donors (Lipinski definition) is 1. The second-order valence-electron chi connectivity index (χ2n) is 5.39. The molecule has 2 aromatic heterocycles. The molecule has 6 nitrogen and oxygen atoms in total. The quantitative estimate of drug-likeness (QED) is 0.709. The topological polar surface area (TPSA) is 76.9 Å². The summed E-state index contributed by atoms with van der Waals surface area (Å²) in [6.45, 7) is 5.81. The van der Waals surface area contributed by atoms with Crippen LogP contribution < -0.4 is 5.32 Å². The maximum absolute atomic E-state index is 11.9. The van der Waals surface area contributed by atoms with Crippen LogP contribution in [-0.2, 0) is 9.84 Å². The number of halogens is 1. The van der Waals surface area contributed by atoms with Crippen molar-refractivity contribution in [1.82, 2.24) is 14.5 Å². The number of anilines is 1. The minimum Gasteiger partial charge on any atom is -0.318 e. The third kappa shape index (κ3) is 3.76. The van der Waals surface area contributed by atoms with Crippen LogP contribution in [0.4, 0.5) is 5.13 Å². The number of nitrogens with one attached hydrogen (secondary N) is 1. The van der Waals surface area contributed by atoms with Gasteiger partial charge in [0.05, 0.1) is 20.5 Å². The van der Waals surface area contributed by atoms with E-state index in [-0.39, 0.29) is 9.92 Å². The Hall–Kier alpha value is -2.16. The molecule has 0 saturated heterocycles. The van der Waals surface area contributed by atoms with Crippen molar-refractivity contribution in [1.29, 1.82) is 0 Å². The number of aryl methyl sites for hydroxylation is 1. The number of benzene rings is 1.